The maximum absolute atomic E-state index is 15.4. The van der Waals surface area contributed by atoms with Crippen molar-refractivity contribution < 1.29 is 83.4 Å². The number of halogens is 6. The molecule has 1 aliphatic carbocycles. The monoisotopic (exact) mass is 1550 g/mol. The lowest BCUT2D eigenvalue weighted by molar-refractivity contribution is -0.117. The molecule has 4 N–H and O–H groups in total. The fourth-order valence-electron chi connectivity index (χ4n) is 14.4. The van der Waals surface area contributed by atoms with Crippen molar-refractivity contribution in [3.63, 3.8) is 0 Å². The molecule has 9 aromatic rings. The largest absolute Gasteiger partial charge is 0.494 e. The number of pyridine rings is 3. The van der Waals surface area contributed by atoms with Crippen LogP contribution in [0.1, 0.15) is 93.1 Å². The third-order valence-corrected chi connectivity index (χ3v) is 20.6. The first-order valence-corrected chi connectivity index (χ1v) is 36.7. The molecule has 0 radical (unpaired) electrons. The quantitative estimate of drug-likeness (QED) is 0.0289. The number of benzene rings is 3. The van der Waals surface area contributed by atoms with Gasteiger partial charge in [-0.3, -0.25) is 29.3 Å². The Balaban J connectivity index is 0.000000156. The predicted octanol–water partition coefficient (Wildman–Crippen LogP) is 13.5. The SMILES string of the molecule is C=CC(=O)C[C@H]1CCOC[C@H]1Nc1ncc2cc(-c3c(F)c(OC)cc(OC)c3F)nc(C)c2n1.C=CC(=O)C[C@H]1CCOC[C@H]1Nc1ncc2cc(-c3c(F)c(OC)cc(OC)c3F)nc(C3CC3)c2n1.C=CC(=O)C[C@H]1CCOC[C@H]1Nc1ncc2cc(-c3c(F)c(OC)cc(OC)c3F)nc(C3CCNCC3)c2n1. The van der Waals surface area contributed by atoms with E-state index in [1.807, 2.05) is 0 Å². The summed E-state index contributed by atoms with van der Waals surface area (Å²) in [5, 5.41) is 15.0. The van der Waals surface area contributed by atoms with Crippen molar-refractivity contribution in [1.29, 1.82) is 0 Å². The van der Waals surface area contributed by atoms with E-state index in [0.29, 0.717) is 127 Å². The van der Waals surface area contributed by atoms with Crippen LogP contribution in [0.15, 0.2) is 93.0 Å². The van der Waals surface area contributed by atoms with Gasteiger partial charge in [-0.15, -0.1) is 0 Å². The molecule has 3 aromatic carbocycles. The lowest BCUT2D eigenvalue weighted by atomic mass is 9.90. The lowest BCUT2D eigenvalue weighted by Crippen LogP contribution is -2.40. The number of hydrogen-bond donors (Lipinski definition) is 4. The molecular formula is C81H87F6N13O12. The van der Waals surface area contributed by atoms with E-state index in [1.165, 1.54) is 79.1 Å². The maximum atomic E-state index is 15.4. The Morgan fingerprint density at radius 3 is 1.03 bits per heavy atom. The Morgan fingerprint density at radius 1 is 0.429 bits per heavy atom. The van der Waals surface area contributed by atoms with E-state index in [-0.39, 0.29) is 133 Å². The summed E-state index contributed by atoms with van der Waals surface area (Å²) in [5.41, 5.74) is 2.82. The minimum atomic E-state index is -0.881. The number of carbonyl (C=O) groups is 3. The number of nitrogens with zero attached hydrogens (tertiary/aromatic N) is 9. The first-order chi connectivity index (χ1) is 54.2. The van der Waals surface area contributed by atoms with Gasteiger partial charge in [-0.1, -0.05) is 19.7 Å². The van der Waals surface area contributed by atoms with Crippen molar-refractivity contribution in [3.8, 4) is 68.3 Å². The molecule has 0 amide bonds. The van der Waals surface area contributed by atoms with Crippen LogP contribution in [0, 0.1) is 59.6 Å². The first-order valence-electron chi connectivity index (χ1n) is 36.7. The number of piperidine rings is 1. The highest BCUT2D eigenvalue weighted by Gasteiger charge is 2.36. The van der Waals surface area contributed by atoms with Gasteiger partial charge in [0.05, 0.1) is 148 Å². The fourth-order valence-corrected chi connectivity index (χ4v) is 14.4. The van der Waals surface area contributed by atoms with E-state index in [0.717, 1.165) is 64.1 Å². The van der Waals surface area contributed by atoms with Crippen LogP contribution >= 0.6 is 0 Å². The van der Waals surface area contributed by atoms with Gasteiger partial charge in [-0.25, -0.2) is 56.2 Å². The van der Waals surface area contributed by atoms with E-state index in [9.17, 15) is 14.4 Å². The Bertz CT molecular complexity index is 4950. The molecule has 6 atom stereocenters. The van der Waals surface area contributed by atoms with Gasteiger partial charge in [0.25, 0.3) is 0 Å². The van der Waals surface area contributed by atoms with Crippen LogP contribution < -0.4 is 49.7 Å². The second-order valence-corrected chi connectivity index (χ2v) is 27.7. The van der Waals surface area contributed by atoms with Crippen molar-refractivity contribution in [2.24, 2.45) is 17.8 Å². The number of ketones is 3. The van der Waals surface area contributed by atoms with E-state index >= 15 is 26.3 Å². The number of carbonyl (C=O) groups excluding carboxylic acids is 3. The summed E-state index contributed by atoms with van der Waals surface area (Å²) >= 11 is 0. The molecule has 0 unspecified atom stereocenters. The van der Waals surface area contributed by atoms with Gasteiger partial charge in [0, 0.05) is 104 Å². The first kappa shape index (κ1) is 80.5. The summed E-state index contributed by atoms with van der Waals surface area (Å²) in [4.78, 5) is 77.2. The molecule has 4 saturated heterocycles. The molecule has 590 valence electrons. The molecular weight excluding hydrogens is 1460 g/mol. The number of aryl methyl sites for hydroxylation is 1. The highest BCUT2D eigenvalue weighted by molar-refractivity contribution is 5.92. The smallest absolute Gasteiger partial charge is 0.223 e. The molecule has 5 fully saturated rings. The number of anilines is 3. The normalized spacial score (nSPS) is 19.0. The van der Waals surface area contributed by atoms with E-state index < -0.39 is 34.9 Å². The van der Waals surface area contributed by atoms with Gasteiger partial charge >= 0.3 is 0 Å². The van der Waals surface area contributed by atoms with Gasteiger partial charge in [0.15, 0.2) is 86.8 Å². The van der Waals surface area contributed by atoms with E-state index in [1.54, 1.807) is 37.6 Å². The number of fused-ring (bicyclic) bond motifs is 3. The van der Waals surface area contributed by atoms with Gasteiger partial charge in [-0.2, -0.15) is 0 Å². The molecule has 25 nitrogen and oxygen atoms in total. The Morgan fingerprint density at radius 2 is 0.723 bits per heavy atom. The number of rotatable bonds is 26. The summed E-state index contributed by atoms with van der Waals surface area (Å²) < 4.78 is 139. The van der Waals surface area contributed by atoms with Crippen LogP contribution in [0.25, 0.3) is 66.5 Å². The third kappa shape index (κ3) is 18.0. The Hall–Kier alpha value is -11.0. The Labute approximate surface area is 642 Å². The third-order valence-electron chi connectivity index (χ3n) is 20.6. The molecule has 6 aromatic heterocycles. The topological polar surface area (TPSA) is 298 Å². The molecule has 0 bridgehead atoms. The van der Waals surface area contributed by atoms with Gasteiger partial charge in [-0.05, 0) is 119 Å². The molecule has 10 heterocycles. The van der Waals surface area contributed by atoms with E-state index in [4.69, 9.17) is 57.6 Å². The van der Waals surface area contributed by atoms with Crippen LogP contribution in [-0.2, 0) is 28.6 Å². The second kappa shape index (κ2) is 36.4. The zero-order valence-corrected chi connectivity index (χ0v) is 63.1. The zero-order chi connectivity index (χ0) is 79.4. The summed E-state index contributed by atoms with van der Waals surface area (Å²) in [6, 6.07) is 7.72. The zero-order valence-electron chi connectivity index (χ0n) is 63.1. The average Bonchev–Trinajstić information content (AvgIpc) is 1.33. The van der Waals surface area contributed by atoms with Gasteiger partial charge in [0.1, 0.15) is 0 Å². The maximum Gasteiger partial charge on any atom is 0.223 e. The molecule has 0 spiro atoms. The van der Waals surface area contributed by atoms with Crippen LogP contribution in [0.3, 0.4) is 0 Å². The van der Waals surface area contributed by atoms with Crippen LogP contribution in [0.5, 0.6) is 34.5 Å². The Kier molecular flexibility index (Phi) is 26.2. The molecule has 4 aliphatic heterocycles. The predicted molar refractivity (Wildman–Crippen MR) is 407 cm³/mol. The summed E-state index contributed by atoms with van der Waals surface area (Å²) in [6.07, 6.45) is 15.5. The van der Waals surface area contributed by atoms with Crippen molar-refractivity contribution in [1.82, 2.24) is 50.2 Å². The summed E-state index contributed by atoms with van der Waals surface area (Å²) in [6.45, 7) is 17.0. The van der Waals surface area contributed by atoms with Gasteiger partial charge < -0.3 is 63.9 Å². The standard InChI is InChI=1S/C29H33F2N5O4.C27H28F2N4O4.C25H26F2N4O4/c1-4-19(37)11-17-7-10-40-15-21(17)35-29-33-14-18-12-20(24-25(30)22(38-2)13-23(39-3)26(24)31)34-27(28(18)36-29)16-5-8-32-9-6-16;1-4-17(34)9-15-7-8-37-13-19(15)32-27-30-12-16-10-18(31-25(14-5-6-14)26(16)33-27)22-23(28)20(35-2)11-21(36-3)24(22)29;1-5-16(32)8-14-6-7-35-12-18(14)30-25-28-11-15-9-17(29-13(2)24(15)31-25)21-22(26)19(33-3)10-20(34-4)23(21)27/h4,12-14,16-17,21,32H,1,5-11,15H2,2-3H3,(H,33,35,36);4,10-12,14-15,19H,1,5-9,13H2,2-3H3,(H,30,32,33);5,9-11,14,18H,1,6-8,12H2,2-4H3,(H,28,30,31)/t17-,21-;15-,19-;14-,18-/m111/s1. The molecule has 5 aliphatic rings. The summed E-state index contributed by atoms with van der Waals surface area (Å²) in [7, 11) is 7.81. The summed E-state index contributed by atoms with van der Waals surface area (Å²) in [5.74, 6) is -4.68. The lowest BCUT2D eigenvalue weighted by Gasteiger charge is -2.31. The van der Waals surface area contributed by atoms with E-state index in [2.05, 4.69) is 70.9 Å². The molecule has 14 rings (SSSR count). The van der Waals surface area contributed by atoms with Crippen LogP contribution in [0.2, 0.25) is 0 Å². The number of ether oxygens (including phenoxy) is 9. The highest BCUT2D eigenvalue weighted by Crippen LogP contribution is 2.46. The number of allylic oxidation sites excluding steroid dienone is 3. The minimum absolute atomic E-state index is 0.0143. The van der Waals surface area contributed by atoms with Crippen molar-refractivity contribution in [3.05, 3.63) is 145 Å². The van der Waals surface area contributed by atoms with Crippen molar-refractivity contribution in [2.75, 3.05) is 111 Å². The van der Waals surface area contributed by atoms with Gasteiger partial charge in [0.2, 0.25) is 17.8 Å². The molecule has 31 heteroatoms. The number of aromatic nitrogens is 9. The van der Waals surface area contributed by atoms with Crippen LogP contribution in [0.4, 0.5) is 44.2 Å². The van der Waals surface area contributed by atoms with Crippen molar-refractivity contribution in [2.45, 2.75) is 101 Å². The number of methoxy groups -OCH3 is 6. The molecule has 1 saturated carbocycles. The van der Waals surface area contributed by atoms with Crippen LogP contribution in [-0.4, -0.2) is 176 Å². The fraction of sp³-hybridized carbons (Fsp3) is 0.407. The average molecular weight is 1550 g/mol. The molecule has 112 heavy (non-hydrogen) atoms. The number of hydrogen-bond acceptors (Lipinski definition) is 25. The second-order valence-electron chi connectivity index (χ2n) is 27.7. The van der Waals surface area contributed by atoms with Crippen molar-refractivity contribution >= 4 is 67.9 Å². The highest BCUT2D eigenvalue weighted by atomic mass is 19.2. The number of nitrogens with one attached hydrogen (secondary N) is 4. The minimum Gasteiger partial charge on any atom is -0.494 e.